The van der Waals surface area contributed by atoms with Gasteiger partial charge in [0.05, 0.1) is 31.1 Å². The first kappa shape index (κ1) is 17.7. The van der Waals surface area contributed by atoms with Crippen LogP contribution >= 0.6 is 0 Å². The molecule has 2 rings (SSSR count). The molecule has 1 aromatic carbocycles. The van der Waals surface area contributed by atoms with Gasteiger partial charge in [-0.15, -0.1) is 0 Å². The summed E-state index contributed by atoms with van der Waals surface area (Å²) in [5.41, 5.74) is 0.265. The van der Waals surface area contributed by atoms with Gasteiger partial charge in [-0.1, -0.05) is 45.0 Å². The van der Waals surface area contributed by atoms with E-state index >= 15 is 0 Å². The van der Waals surface area contributed by atoms with Crippen molar-refractivity contribution in [2.24, 2.45) is 10.4 Å². The number of ether oxygens (including phenoxy) is 2. The second-order valence-electron chi connectivity index (χ2n) is 6.40. The van der Waals surface area contributed by atoms with E-state index in [9.17, 15) is 9.59 Å². The summed E-state index contributed by atoms with van der Waals surface area (Å²) in [6.45, 7) is 5.76. The molecule has 0 amide bonds. The number of methoxy groups -OCH3 is 2. The van der Waals surface area contributed by atoms with E-state index in [1.807, 2.05) is 45.0 Å². The summed E-state index contributed by atoms with van der Waals surface area (Å²) >= 11 is 0. The zero-order chi connectivity index (χ0) is 17.9. The predicted molar refractivity (Wildman–Crippen MR) is 92.6 cm³/mol. The van der Waals surface area contributed by atoms with Crippen LogP contribution in [0.4, 0.5) is 0 Å². The number of fused-ring (bicyclic) bond motifs is 1. The van der Waals surface area contributed by atoms with Gasteiger partial charge < -0.3 is 9.47 Å². The average Bonchev–Trinajstić information content (AvgIpc) is 2.53. The number of aliphatic imine (C=N–C) groups is 1. The smallest absolute Gasteiger partial charge is 0.340 e. The molecular weight excluding hydrogens is 306 g/mol. The normalized spacial score (nSPS) is 22.3. The molecule has 1 heterocycles. The van der Waals surface area contributed by atoms with E-state index < -0.39 is 17.4 Å². The van der Waals surface area contributed by atoms with E-state index in [1.165, 1.54) is 14.2 Å². The second-order valence-corrected chi connectivity index (χ2v) is 6.40. The molecule has 5 heteroatoms. The molecule has 24 heavy (non-hydrogen) atoms. The minimum absolute atomic E-state index is 0.127. The lowest BCUT2D eigenvalue weighted by Crippen LogP contribution is -2.33. The highest BCUT2D eigenvalue weighted by atomic mass is 16.5. The first-order chi connectivity index (χ1) is 11.3. The molecule has 0 N–H and O–H groups in total. The molecule has 0 radical (unpaired) electrons. The molecule has 0 spiro atoms. The Balaban J connectivity index is 2.97. The van der Waals surface area contributed by atoms with Crippen LogP contribution in [0.5, 0.6) is 0 Å². The largest absolute Gasteiger partial charge is 0.465 e. The fourth-order valence-corrected chi connectivity index (χ4v) is 2.46. The van der Waals surface area contributed by atoms with Crippen molar-refractivity contribution >= 4 is 29.9 Å². The van der Waals surface area contributed by atoms with Gasteiger partial charge in [-0.3, -0.25) is 4.99 Å². The monoisotopic (exact) mass is 327 g/mol. The molecular formula is C19H21NO4. The number of carbonyl (C=O) groups excluding carboxylic acids is 2. The summed E-state index contributed by atoms with van der Waals surface area (Å²) in [6, 6.07) is 7.49. The third kappa shape index (κ3) is 3.45. The van der Waals surface area contributed by atoms with Crippen LogP contribution < -0.4 is 10.4 Å². The number of benzene rings is 1. The van der Waals surface area contributed by atoms with Crippen molar-refractivity contribution in [1.29, 1.82) is 0 Å². The minimum Gasteiger partial charge on any atom is -0.465 e. The molecule has 0 bridgehead atoms. The van der Waals surface area contributed by atoms with Gasteiger partial charge in [0, 0.05) is 11.6 Å². The van der Waals surface area contributed by atoms with E-state index in [0.29, 0.717) is 5.71 Å². The maximum absolute atomic E-state index is 12.4. The van der Waals surface area contributed by atoms with Crippen LogP contribution in [0.1, 0.15) is 20.8 Å². The highest BCUT2D eigenvalue weighted by molar-refractivity contribution is 6.27. The fraction of sp³-hybridized carbons (Fsp3) is 0.316. The minimum atomic E-state index is -0.617. The summed E-state index contributed by atoms with van der Waals surface area (Å²) in [5, 5.41) is 1.63. The Morgan fingerprint density at radius 1 is 0.958 bits per heavy atom. The summed E-state index contributed by atoms with van der Waals surface area (Å²) in [5.74, 6) is -1.22. The van der Waals surface area contributed by atoms with E-state index in [2.05, 4.69) is 4.99 Å². The topological polar surface area (TPSA) is 65.0 Å². The van der Waals surface area contributed by atoms with Crippen molar-refractivity contribution in [3.63, 3.8) is 0 Å². The van der Waals surface area contributed by atoms with Crippen LogP contribution in [0.25, 0.3) is 12.3 Å². The van der Waals surface area contributed by atoms with Gasteiger partial charge in [-0.2, -0.15) is 0 Å². The van der Waals surface area contributed by atoms with Gasteiger partial charge in [0.15, 0.2) is 0 Å². The molecule has 1 aliphatic heterocycles. The van der Waals surface area contributed by atoms with Gasteiger partial charge in [0.1, 0.15) is 0 Å². The van der Waals surface area contributed by atoms with Gasteiger partial charge in [-0.05, 0) is 16.5 Å². The van der Waals surface area contributed by atoms with Crippen molar-refractivity contribution in [3.8, 4) is 0 Å². The molecule has 0 saturated heterocycles. The quantitative estimate of drug-likeness (QED) is 0.769. The third-order valence-electron chi connectivity index (χ3n) is 3.64. The van der Waals surface area contributed by atoms with Crippen molar-refractivity contribution in [1.82, 2.24) is 0 Å². The van der Waals surface area contributed by atoms with Gasteiger partial charge in [-0.25, -0.2) is 9.59 Å². The van der Waals surface area contributed by atoms with Crippen LogP contribution in [0.3, 0.4) is 0 Å². The van der Waals surface area contributed by atoms with Crippen LogP contribution in [-0.4, -0.2) is 31.9 Å². The van der Waals surface area contributed by atoms with E-state index in [4.69, 9.17) is 9.47 Å². The number of esters is 2. The van der Waals surface area contributed by atoms with Crippen molar-refractivity contribution in [3.05, 3.63) is 45.8 Å². The number of nitrogens with zero attached hydrogens (tertiary/aromatic N) is 1. The third-order valence-corrected chi connectivity index (χ3v) is 3.64. The number of hydrogen-bond acceptors (Lipinski definition) is 5. The van der Waals surface area contributed by atoms with Crippen molar-refractivity contribution < 1.29 is 19.1 Å². The molecule has 126 valence electrons. The molecule has 0 unspecified atom stereocenters. The molecule has 0 atom stereocenters. The zero-order valence-corrected chi connectivity index (χ0v) is 14.5. The number of rotatable bonds is 2. The Morgan fingerprint density at radius 2 is 1.54 bits per heavy atom. The maximum Gasteiger partial charge on any atom is 0.340 e. The predicted octanol–water partition coefficient (Wildman–Crippen LogP) is 1.35. The van der Waals surface area contributed by atoms with Gasteiger partial charge in [0.25, 0.3) is 0 Å². The van der Waals surface area contributed by atoms with E-state index in [0.717, 1.165) is 10.4 Å². The summed E-state index contributed by atoms with van der Waals surface area (Å²) in [4.78, 5) is 29.3. The Kier molecular flexibility index (Phi) is 5.02. The second kappa shape index (κ2) is 6.83. The highest BCUT2D eigenvalue weighted by Gasteiger charge is 2.32. The molecule has 5 nitrogen and oxygen atoms in total. The lowest BCUT2D eigenvalue weighted by Gasteiger charge is -2.24. The molecule has 1 aliphatic rings. The molecule has 0 fully saturated rings. The molecule has 0 aromatic heterocycles. The summed E-state index contributed by atoms with van der Waals surface area (Å²) in [6.07, 6.45) is 3.34. The highest BCUT2D eigenvalue weighted by Crippen LogP contribution is 2.26. The van der Waals surface area contributed by atoms with E-state index in [-0.39, 0.29) is 11.1 Å². The Labute approximate surface area is 141 Å². The summed E-state index contributed by atoms with van der Waals surface area (Å²) in [7, 11) is 2.56. The standard InChI is InChI=1S/C19H21NO4/c1-19(2,3)16-15(18(22)24-5)14(17(21)23-4)10-12-8-6-7-9-13(12)11-20-16/h6-11H,1-5H3/b12-10-,13-11-,14-10?,15-14-,16-15?,20-11?,20-16+. The average molecular weight is 327 g/mol. The first-order valence-electron chi connectivity index (χ1n) is 7.56. The summed E-state index contributed by atoms with van der Waals surface area (Å²) < 4.78 is 9.79. The van der Waals surface area contributed by atoms with Crippen LogP contribution in [0.2, 0.25) is 0 Å². The fourth-order valence-electron chi connectivity index (χ4n) is 2.46. The Bertz CT molecular complexity index is 854. The Hall–Kier alpha value is -2.69. The van der Waals surface area contributed by atoms with Crippen molar-refractivity contribution in [2.45, 2.75) is 20.8 Å². The number of carbonyl (C=O) groups is 2. The van der Waals surface area contributed by atoms with Gasteiger partial charge >= 0.3 is 11.9 Å². The SMILES string of the molecule is COC(=O)C1=C(C(=O)OC)/C(C(C)(C)C)=N\C=c2\cccc\c2=C\1. The van der Waals surface area contributed by atoms with Crippen LogP contribution in [-0.2, 0) is 19.1 Å². The Morgan fingerprint density at radius 3 is 2.08 bits per heavy atom. The molecule has 0 saturated carbocycles. The van der Waals surface area contributed by atoms with E-state index in [1.54, 1.807) is 12.3 Å². The lowest BCUT2D eigenvalue weighted by atomic mass is 9.82. The molecule has 1 aromatic rings. The maximum atomic E-state index is 12.4. The lowest BCUT2D eigenvalue weighted by molar-refractivity contribution is -0.138. The molecule has 0 aliphatic carbocycles. The number of hydrogen-bond donors (Lipinski definition) is 0. The van der Waals surface area contributed by atoms with Crippen LogP contribution in [0, 0.1) is 5.41 Å². The van der Waals surface area contributed by atoms with Gasteiger partial charge in [0.2, 0.25) is 0 Å². The zero-order valence-electron chi connectivity index (χ0n) is 14.5. The van der Waals surface area contributed by atoms with Crippen molar-refractivity contribution in [2.75, 3.05) is 14.2 Å². The first-order valence-corrected chi connectivity index (χ1v) is 7.56. The van der Waals surface area contributed by atoms with Crippen LogP contribution in [0.15, 0.2) is 40.4 Å².